The van der Waals surface area contributed by atoms with Gasteiger partial charge in [0, 0.05) is 30.8 Å². The summed E-state index contributed by atoms with van der Waals surface area (Å²) in [6.45, 7) is 3.49. The molecule has 1 aromatic heterocycles. The van der Waals surface area contributed by atoms with E-state index >= 15 is 0 Å². The molecular formula is C15H19FN2O4. The lowest BCUT2D eigenvalue weighted by Crippen LogP contribution is -2.38. The number of carboxylic acids is 1. The number of carbonyl (C=O) groups is 2. The summed E-state index contributed by atoms with van der Waals surface area (Å²) in [4.78, 5) is 28.5. The summed E-state index contributed by atoms with van der Waals surface area (Å²) in [5, 5.41) is 8.87. The van der Waals surface area contributed by atoms with Gasteiger partial charge in [-0.1, -0.05) is 6.92 Å². The van der Waals surface area contributed by atoms with Crippen LogP contribution in [0.3, 0.4) is 0 Å². The average molecular weight is 310 g/mol. The van der Waals surface area contributed by atoms with Crippen LogP contribution in [0.2, 0.25) is 0 Å². The van der Waals surface area contributed by atoms with Crippen LogP contribution in [0.25, 0.3) is 0 Å². The van der Waals surface area contributed by atoms with Crippen LogP contribution in [0.4, 0.5) is 4.39 Å². The fourth-order valence-electron chi connectivity index (χ4n) is 2.20. The second kappa shape index (κ2) is 6.29. The van der Waals surface area contributed by atoms with Crippen molar-refractivity contribution in [3.63, 3.8) is 0 Å². The molecule has 1 aliphatic rings. The Morgan fingerprint density at radius 3 is 2.91 bits per heavy atom. The minimum absolute atomic E-state index is 0.0323. The van der Waals surface area contributed by atoms with Gasteiger partial charge in [-0.3, -0.25) is 4.79 Å². The normalized spacial score (nSPS) is 22.4. The zero-order valence-electron chi connectivity index (χ0n) is 12.6. The molecule has 0 radical (unpaired) electrons. The van der Waals surface area contributed by atoms with Crippen LogP contribution in [0.15, 0.2) is 18.3 Å². The first kappa shape index (κ1) is 16.2. The number of ether oxygens (including phenoxy) is 1. The van der Waals surface area contributed by atoms with Gasteiger partial charge in [-0.2, -0.15) is 0 Å². The molecule has 7 heteroatoms. The Labute approximate surface area is 127 Å². The third-order valence-corrected chi connectivity index (χ3v) is 3.77. The van der Waals surface area contributed by atoms with E-state index in [9.17, 15) is 14.0 Å². The molecule has 1 saturated heterocycles. The molecule has 1 N–H and O–H groups in total. The third-order valence-electron chi connectivity index (χ3n) is 3.77. The topological polar surface area (TPSA) is 79.7 Å². The number of aromatic nitrogens is 1. The van der Waals surface area contributed by atoms with E-state index in [1.54, 1.807) is 0 Å². The van der Waals surface area contributed by atoms with Gasteiger partial charge < -0.3 is 14.7 Å². The zero-order valence-corrected chi connectivity index (χ0v) is 12.6. The number of likely N-dealkylation sites (tertiary alicyclic amines) is 1. The van der Waals surface area contributed by atoms with Crippen LogP contribution in [0, 0.1) is 0 Å². The molecule has 2 rings (SSSR count). The summed E-state index contributed by atoms with van der Waals surface area (Å²) in [6.07, 6.45) is 2.01. The lowest BCUT2D eigenvalue weighted by atomic mass is 10.1. The van der Waals surface area contributed by atoms with Crippen molar-refractivity contribution < 1.29 is 23.8 Å². The Morgan fingerprint density at radius 1 is 1.59 bits per heavy atom. The quantitative estimate of drug-likeness (QED) is 0.898. The van der Waals surface area contributed by atoms with Crippen LogP contribution in [0.1, 0.15) is 37.0 Å². The fraction of sp³-hybridized carbons (Fsp3) is 0.533. The molecule has 1 fully saturated rings. The summed E-state index contributed by atoms with van der Waals surface area (Å²) < 4.78 is 19.6. The maximum atomic E-state index is 14.0. The molecule has 2 atom stereocenters. The van der Waals surface area contributed by atoms with Gasteiger partial charge >= 0.3 is 5.97 Å². The van der Waals surface area contributed by atoms with E-state index < -0.39 is 24.1 Å². The van der Waals surface area contributed by atoms with Crippen LogP contribution >= 0.6 is 0 Å². The summed E-state index contributed by atoms with van der Waals surface area (Å²) in [6, 6.07) is 3.00. The number of aliphatic carboxylic acids is 1. The van der Waals surface area contributed by atoms with Crippen LogP contribution < -0.4 is 4.74 Å². The number of pyridine rings is 1. The van der Waals surface area contributed by atoms with E-state index in [-0.39, 0.29) is 19.1 Å². The van der Waals surface area contributed by atoms with Crippen LogP contribution in [-0.2, 0) is 4.79 Å². The second-order valence-electron chi connectivity index (χ2n) is 5.47. The highest BCUT2D eigenvalue weighted by molar-refractivity contribution is 5.95. The van der Waals surface area contributed by atoms with Crippen LogP contribution in [0.5, 0.6) is 5.88 Å². The number of nitrogens with zero attached hydrogens (tertiary/aromatic N) is 2. The van der Waals surface area contributed by atoms with Gasteiger partial charge in [-0.05, 0) is 19.4 Å². The van der Waals surface area contributed by atoms with E-state index in [0.717, 1.165) is 6.42 Å². The number of rotatable bonds is 5. The molecule has 0 bridgehead atoms. The first-order chi connectivity index (χ1) is 10.4. The van der Waals surface area contributed by atoms with Gasteiger partial charge in [0.1, 0.15) is 0 Å². The number of carboxylic acid groups (broad SMARTS) is 1. The van der Waals surface area contributed by atoms with Crippen molar-refractivity contribution >= 4 is 11.9 Å². The first-order valence-electron chi connectivity index (χ1n) is 7.20. The van der Waals surface area contributed by atoms with Crippen molar-refractivity contribution in [2.45, 2.75) is 38.5 Å². The maximum Gasteiger partial charge on any atom is 0.343 e. The van der Waals surface area contributed by atoms with E-state index in [1.165, 1.54) is 23.2 Å². The zero-order chi connectivity index (χ0) is 16.3. The Hall–Kier alpha value is -2.18. The SMILES string of the molecule is CCC(C)Oc1cc(C(=O)N2CCC(F)(C(=O)O)C2)ccn1. The molecule has 1 aliphatic heterocycles. The molecule has 0 aromatic carbocycles. The molecule has 0 aliphatic carbocycles. The Balaban J connectivity index is 2.10. The number of halogens is 1. The van der Waals surface area contributed by atoms with E-state index in [1.807, 2.05) is 13.8 Å². The van der Waals surface area contributed by atoms with Crippen molar-refractivity contribution in [1.82, 2.24) is 9.88 Å². The molecule has 0 spiro atoms. The summed E-state index contributed by atoms with van der Waals surface area (Å²) in [5.74, 6) is -1.63. The van der Waals surface area contributed by atoms with Gasteiger partial charge in [-0.25, -0.2) is 14.2 Å². The molecule has 2 heterocycles. The minimum atomic E-state index is -2.36. The number of hydrogen-bond acceptors (Lipinski definition) is 4. The highest BCUT2D eigenvalue weighted by atomic mass is 19.1. The number of alkyl halides is 1. The predicted octanol–water partition coefficient (Wildman–Crippen LogP) is 1.90. The molecule has 2 unspecified atom stereocenters. The van der Waals surface area contributed by atoms with Gasteiger partial charge in [-0.15, -0.1) is 0 Å². The summed E-state index contributed by atoms with van der Waals surface area (Å²) >= 11 is 0. The Kier molecular flexibility index (Phi) is 4.63. The smallest absolute Gasteiger partial charge is 0.343 e. The van der Waals surface area contributed by atoms with E-state index in [0.29, 0.717) is 11.4 Å². The lowest BCUT2D eigenvalue weighted by Gasteiger charge is -2.18. The van der Waals surface area contributed by atoms with E-state index in [2.05, 4.69) is 4.98 Å². The van der Waals surface area contributed by atoms with Crippen molar-refractivity contribution in [3.05, 3.63) is 23.9 Å². The molecule has 0 saturated carbocycles. The van der Waals surface area contributed by atoms with Gasteiger partial charge in [0.25, 0.3) is 5.91 Å². The predicted molar refractivity (Wildman–Crippen MR) is 76.6 cm³/mol. The van der Waals surface area contributed by atoms with E-state index in [4.69, 9.17) is 9.84 Å². The molecule has 1 aromatic rings. The Bertz CT molecular complexity index is 580. The molecule has 22 heavy (non-hydrogen) atoms. The number of amides is 1. The van der Waals surface area contributed by atoms with Crippen molar-refractivity contribution in [2.24, 2.45) is 0 Å². The molecule has 1 amide bonds. The second-order valence-corrected chi connectivity index (χ2v) is 5.47. The first-order valence-corrected chi connectivity index (χ1v) is 7.20. The van der Waals surface area contributed by atoms with Crippen molar-refractivity contribution in [3.8, 4) is 5.88 Å². The van der Waals surface area contributed by atoms with Gasteiger partial charge in [0.15, 0.2) is 0 Å². The standard InChI is InChI=1S/C15H19FN2O4/c1-3-10(2)22-12-8-11(4-6-17-12)13(19)18-7-5-15(16,9-18)14(20)21/h4,6,8,10H,3,5,7,9H2,1-2H3,(H,20,21). The summed E-state index contributed by atoms with van der Waals surface area (Å²) in [5.41, 5.74) is -2.05. The monoisotopic (exact) mass is 310 g/mol. The molecule has 120 valence electrons. The average Bonchev–Trinajstić information content (AvgIpc) is 2.90. The number of hydrogen-bond donors (Lipinski definition) is 1. The minimum Gasteiger partial charge on any atom is -0.479 e. The van der Waals surface area contributed by atoms with Gasteiger partial charge in [0.2, 0.25) is 11.5 Å². The van der Waals surface area contributed by atoms with Crippen molar-refractivity contribution in [1.29, 1.82) is 0 Å². The fourth-order valence-corrected chi connectivity index (χ4v) is 2.20. The highest BCUT2D eigenvalue weighted by Crippen LogP contribution is 2.27. The highest BCUT2D eigenvalue weighted by Gasteiger charge is 2.47. The molecular weight excluding hydrogens is 291 g/mol. The molecule has 6 nitrogen and oxygen atoms in total. The number of carbonyl (C=O) groups excluding carboxylic acids is 1. The van der Waals surface area contributed by atoms with Crippen molar-refractivity contribution in [2.75, 3.05) is 13.1 Å². The Morgan fingerprint density at radius 2 is 2.32 bits per heavy atom. The lowest BCUT2D eigenvalue weighted by molar-refractivity contribution is -0.149. The maximum absolute atomic E-state index is 14.0. The largest absolute Gasteiger partial charge is 0.479 e. The third kappa shape index (κ3) is 3.35. The van der Waals surface area contributed by atoms with Gasteiger partial charge in [0.05, 0.1) is 12.6 Å². The van der Waals surface area contributed by atoms with Crippen LogP contribution in [-0.4, -0.2) is 51.7 Å². The summed E-state index contributed by atoms with van der Waals surface area (Å²) in [7, 11) is 0.